The van der Waals surface area contributed by atoms with Gasteiger partial charge in [-0.15, -0.1) is 11.8 Å². The average Bonchev–Trinajstić information content (AvgIpc) is 2.07. The first kappa shape index (κ1) is 8.49. The van der Waals surface area contributed by atoms with E-state index in [1.54, 1.807) is 24.2 Å². The molecule has 1 radical (unpaired) electrons. The molecule has 11 heavy (non-hydrogen) atoms. The minimum absolute atomic E-state index is 0.000685. The van der Waals surface area contributed by atoms with Crippen LogP contribution in [-0.2, 0) is 5.11 Å². The molecule has 1 rings (SSSR count). The zero-order valence-corrected chi connectivity index (χ0v) is 6.88. The van der Waals surface area contributed by atoms with E-state index in [9.17, 15) is 5.11 Å². The highest BCUT2D eigenvalue weighted by atomic mass is 32.2. The molecule has 0 spiro atoms. The number of rotatable bonds is 4. The summed E-state index contributed by atoms with van der Waals surface area (Å²) in [5.41, 5.74) is 0. The van der Waals surface area contributed by atoms with Gasteiger partial charge in [-0.25, -0.2) is 15.1 Å². The molecule has 0 amide bonds. The molecule has 0 atom stereocenters. The van der Waals surface area contributed by atoms with Crippen molar-refractivity contribution in [3.8, 4) is 0 Å². The fourth-order valence-electron chi connectivity index (χ4n) is 0.609. The van der Waals surface area contributed by atoms with Crippen LogP contribution in [0.1, 0.15) is 6.42 Å². The second kappa shape index (κ2) is 5.09. The Morgan fingerprint density at radius 1 is 1.36 bits per heavy atom. The summed E-state index contributed by atoms with van der Waals surface area (Å²) in [5, 5.41) is 10.1. The number of hydrogen-bond donors (Lipinski definition) is 0. The predicted octanol–water partition coefficient (Wildman–Crippen LogP) is 1.39. The van der Waals surface area contributed by atoms with Gasteiger partial charge in [0.05, 0.1) is 6.61 Å². The van der Waals surface area contributed by atoms with Crippen LogP contribution in [0, 0.1) is 0 Å². The van der Waals surface area contributed by atoms with Gasteiger partial charge in [-0.3, -0.25) is 0 Å². The molecule has 0 saturated carbocycles. The molecule has 0 aliphatic rings. The van der Waals surface area contributed by atoms with Crippen LogP contribution in [0.15, 0.2) is 23.6 Å². The van der Waals surface area contributed by atoms with Crippen molar-refractivity contribution >= 4 is 11.8 Å². The zero-order chi connectivity index (χ0) is 7.94. The van der Waals surface area contributed by atoms with Crippen LogP contribution in [0.2, 0.25) is 0 Å². The summed E-state index contributed by atoms with van der Waals surface area (Å²) < 4.78 is 0. The fraction of sp³-hybridized carbons (Fsp3) is 0.429. The van der Waals surface area contributed by atoms with E-state index in [-0.39, 0.29) is 6.61 Å². The molecule has 0 N–H and O–H groups in total. The Morgan fingerprint density at radius 3 is 2.73 bits per heavy atom. The van der Waals surface area contributed by atoms with E-state index in [1.165, 1.54) is 6.33 Å². The summed E-state index contributed by atoms with van der Waals surface area (Å²) >= 11 is 1.62. The molecule has 0 aliphatic carbocycles. The maximum Gasteiger partial charge on any atom is 0.115 e. The minimum Gasteiger partial charge on any atom is -0.244 e. The van der Waals surface area contributed by atoms with Crippen LogP contribution in [0.3, 0.4) is 0 Å². The SMILES string of the molecule is [O]CCCSc1cncnc1. The van der Waals surface area contributed by atoms with Crippen molar-refractivity contribution in [2.45, 2.75) is 11.3 Å². The third-order valence-electron chi connectivity index (χ3n) is 1.09. The highest BCUT2D eigenvalue weighted by Crippen LogP contribution is 2.14. The molecule has 1 heterocycles. The summed E-state index contributed by atoms with van der Waals surface area (Å²) in [5.74, 6) is 0.858. The normalized spacial score (nSPS) is 9.91. The van der Waals surface area contributed by atoms with E-state index in [2.05, 4.69) is 9.97 Å². The van der Waals surface area contributed by atoms with E-state index in [0.29, 0.717) is 6.42 Å². The third-order valence-corrected chi connectivity index (χ3v) is 2.13. The van der Waals surface area contributed by atoms with Crippen LogP contribution in [0.5, 0.6) is 0 Å². The van der Waals surface area contributed by atoms with Crippen LogP contribution < -0.4 is 0 Å². The largest absolute Gasteiger partial charge is 0.244 e. The topological polar surface area (TPSA) is 45.7 Å². The smallest absolute Gasteiger partial charge is 0.115 e. The van der Waals surface area contributed by atoms with Crippen molar-refractivity contribution in [3.63, 3.8) is 0 Å². The number of thioether (sulfide) groups is 1. The molecule has 0 aromatic carbocycles. The summed E-state index contributed by atoms with van der Waals surface area (Å²) in [6.07, 6.45) is 5.71. The van der Waals surface area contributed by atoms with E-state index < -0.39 is 0 Å². The first-order valence-electron chi connectivity index (χ1n) is 3.39. The fourth-order valence-corrected chi connectivity index (χ4v) is 1.38. The quantitative estimate of drug-likeness (QED) is 0.505. The Balaban J connectivity index is 2.28. The van der Waals surface area contributed by atoms with Gasteiger partial charge in [0.1, 0.15) is 6.33 Å². The van der Waals surface area contributed by atoms with E-state index in [1.807, 2.05) is 0 Å². The monoisotopic (exact) mass is 169 g/mol. The molecule has 1 aromatic rings. The first-order valence-corrected chi connectivity index (χ1v) is 4.38. The second-order valence-electron chi connectivity index (χ2n) is 1.98. The molecule has 0 unspecified atom stereocenters. The number of aromatic nitrogens is 2. The Morgan fingerprint density at radius 2 is 2.09 bits per heavy atom. The van der Waals surface area contributed by atoms with Crippen molar-refractivity contribution in [2.75, 3.05) is 12.4 Å². The summed E-state index contributed by atoms with van der Waals surface area (Å²) in [4.78, 5) is 8.74. The lowest BCUT2D eigenvalue weighted by molar-refractivity contribution is 0.194. The van der Waals surface area contributed by atoms with Crippen LogP contribution >= 0.6 is 11.8 Å². The van der Waals surface area contributed by atoms with Crippen LogP contribution in [0.4, 0.5) is 0 Å². The average molecular weight is 169 g/mol. The van der Waals surface area contributed by atoms with Gasteiger partial charge < -0.3 is 0 Å². The molecule has 4 heteroatoms. The Hall–Kier alpha value is -0.610. The van der Waals surface area contributed by atoms with Crippen molar-refractivity contribution in [1.82, 2.24) is 9.97 Å². The van der Waals surface area contributed by atoms with Gasteiger partial charge in [0.2, 0.25) is 0 Å². The van der Waals surface area contributed by atoms with Gasteiger partial charge in [-0.2, -0.15) is 0 Å². The van der Waals surface area contributed by atoms with Crippen LogP contribution in [0.25, 0.3) is 0 Å². The molecule has 59 valence electrons. The van der Waals surface area contributed by atoms with Gasteiger partial charge in [0.25, 0.3) is 0 Å². The van der Waals surface area contributed by atoms with Gasteiger partial charge >= 0.3 is 0 Å². The Bertz CT molecular complexity index is 193. The van der Waals surface area contributed by atoms with Gasteiger partial charge in [0.15, 0.2) is 0 Å². The van der Waals surface area contributed by atoms with Crippen molar-refractivity contribution in [3.05, 3.63) is 18.7 Å². The maximum absolute atomic E-state index is 10.1. The molecule has 0 bridgehead atoms. The van der Waals surface area contributed by atoms with Crippen molar-refractivity contribution in [2.24, 2.45) is 0 Å². The van der Waals surface area contributed by atoms with E-state index in [4.69, 9.17) is 0 Å². The zero-order valence-electron chi connectivity index (χ0n) is 6.06. The van der Waals surface area contributed by atoms with Crippen molar-refractivity contribution < 1.29 is 5.11 Å². The lowest BCUT2D eigenvalue weighted by Gasteiger charge is -1.95. The molecular weight excluding hydrogens is 160 g/mol. The molecule has 0 fully saturated rings. The van der Waals surface area contributed by atoms with E-state index in [0.717, 1.165) is 10.6 Å². The van der Waals surface area contributed by atoms with Gasteiger partial charge in [-0.1, -0.05) is 0 Å². The Labute approximate surface area is 69.9 Å². The lowest BCUT2D eigenvalue weighted by Crippen LogP contribution is -1.85. The molecule has 0 saturated heterocycles. The maximum atomic E-state index is 10.1. The second-order valence-corrected chi connectivity index (χ2v) is 3.15. The highest BCUT2D eigenvalue weighted by Gasteiger charge is 1.92. The predicted molar refractivity (Wildman–Crippen MR) is 42.9 cm³/mol. The van der Waals surface area contributed by atoms with Gasteiger partial charge in [0, 0.05) is 23.0 Å². The van der Waals surface area contributed by atoms with E-state index >= 15 is 0 Å². The summed E-state index contributed by atoms with van der Waals surface area (Å²) in [6, 6.07) is 0. The minimum atomic E-state index is 0.000685. The summed E-state index contributed by atoms with van der Waals surface area (Å²) in [7, 11) is 0. The third kappa shape index (κ3) is 3.34. The van der Waals surface area contributed by atoms with Crippen molar-refractivity contribution in [1.29, 1.82) is 0 Å². The highest BCUT2D eigenvalue weighted by molar-refractivity contribution is 7.99. The molecule has 0 aliphatic heterocycles. The standard InChI is InChI=1S/C7H9N2OS/c10-2-1-3-11-7-4-8-6-9-5-7/h4-6H,1-3H2. The summed E-state index contributed by atoms with van der Waals surface area (Å²) in [6.45, 7) is 0.000685. The Kier molecular flexibility index (Phi) is 3.93. The molecule has 1 aromatic heterocycles. The number of hydrogen-bond acceptors (Lipinski definition) is 3. The van der Waals surface area contributed by atoms with Crippen LogP contribution in [-0.4, -0.2) is 22.3 Å². The number of nitrogens with zero attached hydrogens (tertiary/aromatic N) is 2. The molecule has 3 nitrogen and oxygen atoms in total. The first-order chi connectivity index (χ1) is 5.43. The van der Waals surface area contributed by atoms with Gasteiger partial charge in [-0.05, 0) is 6.42 Å². The lowest BCUT2D eigenvalue weighted by atomic mass is 10.5. The molecular formula is C7H9N2OS.